The van der Waals surface area contributed by atoms with E-state index in [-0.39, 0.29) is 18.4 Å². The Kier molecular flexibility index (Phi) is 4.49. The van der Waals surface area contributed by atoms with Crippen molar-refractivity contribution in [1.82, 2.24) is 0 Å². The predicted molar refractivity (Wildman–Crippen MR) is 59.3 cm³/mol. The minimum atomic E-state index is -0.383. The zero-order valence-corrected chi connectivity index (χ0v) is 9.14. The molecule has 0 fully saturated rings. The van der Waals surface area contributed by atoms with Gasteiger partial charge in [-0.25, -0.2) is 0 Å². The van der Waals surface area contributed by atoms with Crippen molar-refractivity contribution in [2.75, 3.05) is 6.61 Å². The Bertz CT molecular complexity index is 392. The molecule has 0 aliphatic carbocycles. The highest BCUT2D eigenvalue weighted by atomic mass is 16.5. The molecule has 0 aliphatic rings. The third-order valence-electron chi connectivity index (χ3n) is 2.16. The molecule has 0 bridgehead atoms. The molecule has 1 aromatic rings. The Morgan fingerprint density at radius 2 is 2.12 bits per heavy atom. The van der Waals surface area contributed by atoms with Crippen LogP contribution in [0.4, 0.5) is 0 Å². The maximum absolute atomic E-state index is 11.2. The van der Waals surface area contributed by atoms with Crippen molar-refractivity contribution in [3.05, 3.63) is 35.4 Å². The van der Waals surface area contributed by atoms with Crippen LogP contribution in [0.15, 0.2) is 24.3 Å². The number of nitrogens with zero attached hydrogens (tertiary/aromatic N) is 1. The number of ether oxygens (including phenoxy) is 1. The maximum Gasteiger partial charge on any atom is 0.307 e. The van der Waals surface area contributed by atoms with Gasteiger partial charge in [0.2, 0.25) is 0 Å². The number of nitrogens with two attached hydrogens (primary N) is 1. The number of carbonyl (C=O) groups is 1. The Morgan fingerprint density at radius 3 is 2.62 bits per heavy atom. The lowest BCUT2D eigenvalue weighted by atomic mass is 10.0. The molecule has 1 atom stereocenters. The third kappa shape index (κ3) is 3.37. The minimum Gasteiger partial charge on any atom is -0.466 e. The molecule has 0 aromatic heterocycles. The fourth-order valence-electron chi connectivity index (χ4n) is 1.32. The zero-order valence-electron chi connectivity index (χ0n) is 9.14. The lowest BCUT2D eigenvalue weighted by Gasteiger charge is -2.10. The van der Waals surface area contributed by atoms with Gasteiger partial charge in [-0.15, -0.1) is 0 Å². The first kappa shape index (κ1) is 12.2. The van der Waals surface area contributed by atoms with Crippen molar-refractivity contribution >= 4 is 5.97 Å². The molecule has 0 aliphatic heterocycles. The summed E-state index contributed by atoms with van der Waals surface area (Å²) in [6.07, 6.45) is 0.153. The smallest absolute Gasteiger partial charge is 0.307 e. The van der Waals surface area contributed by atoms with E-state index in [1.807, 2.05) is 6.07 Å². The van der Waals surface area contributed by atoms with E-state index in [0.717, 1.165) is 5.56 Å². The fourth-order valence-corrected chi connectivity index (χ4v) is 1.32. The quantitative estimate of drug-likeness (QED) is 0.777. The molecule has 0 amide bonds. The number of rotatable bonds is 4. The molecule has 0 unspecified atom stereocenters. The second-order valence-corrected chi connectivity index (χ2v) is 3.35. The molecular formula is C12H14N2O2. The van der Waals surface area contributed by atoms with Crippen LogP contribution in [0.5, 0.6) is 0 Å². The highest BCUT2D eigenvalue weighted by Gasteiger charge is 2.12. The highest BCUT2D eigenvalue weighted by molar-refractivity contribution is 5.70. The number of hydrogen-bond donors (Lipinski definition) is 1. The first-order valence-electron chi connectivity index (χ1n) is 5.08. The largest absolute Gasteiger partial charge is 0.466 e. The van der Waals surface area contributed by atoms with Crippen molar-refractivity contribution in [3.63, 3.8) is 0 Å². The van der Waals surface area contributed by atoms with Crippen molar-refractivity contribution in [2.45, 2.75) is 19.4 Å². The van der Waals surface area contributed by atoms with Crippen LogP contribution in [0, 0.1) is 11.3 Å². The summed E-state index contributed by atoms with van der Waals surface area (Å²) in [4.78, 5) is 11.2. The molecule has 16 heavy (non-hydrogen) atoms. The van der Waals surface area contributed by atoms with Crippen LogP contribution in [-0.2, 0) is 9.53 Å². The molecule has 4 nitrogen and oxygen atoms in total. The Labute approximate surface area is 94.6 Å². The van der Waals surface area contributed by atoms with Gasteiger partial charge >= 0.3 is 5.97 Å². The molecule has 0 saturated carbocycles. The minimum absolute atomic E-state index is 0.153. The number of carbonyl (C=O) groups excluding carboxylic acids is 1. The van der Waals surface area contributed by atoms with E-state index in [0.29, 0.717) is 12.2 Å². The van der Waals surface area contributed by atoms with E-state index in [1.54, 1.807) is 31.2 Å². The van der Waals surface area contributed by atoms with Crippen molar-refractivity contribution < 1.29 is 9.53 Å². The summed E-state index contributed by atoms with van der Waals surface area (Å²) >= 11 is 0. The summed E-state index contributed by atoms with van der Waals surface area (Å²) in [7, 11) is 0. The molecule has 1 aromatic carbocycles. The average molecular weight is 218 g/mol. The van der Waals surface area contributed by atoms with Gasteiger partial charge in [0.25, 0.3) is 0 Å². The lowest BCUT2D eigenvalue weighted by molar-refractivity contribution is -0.143. The fraction of sp³-hybridized carbons (Fsp3) is 0.333. The summed E-state index contributed by atoms with van der Waals surface area (Å²) in [5.41, 5.74) is 7.24. The monoisotopic (exact) mass is 218 g/mol. The summed E-state index contributed by atoms with van der Waals surface area (Å²) in [5, 5.41) is 8.63. The van der Waals surface area contributed by atoms with Gasteiger partial charge in [-0.1, -0.05) is 12.1 Å². The number of benzene rings is 1. The maximum atomic E-state index is 11.2. The van der Waals surface area contributed by atoms with Crippen LogP contribution >= 0.6 is 0 Å². The second-order valence-electron chi connectivity index (χ2n) is 3.35. The molecule has 2 N–H and O–H groups in total. The van der Waals surface area contributed by atoms with E-state index in [9.17, 15) is 4.79 Å². The van der Waals surface area contributed by atoms with Crippen molar-refractivity contribution in [2.24, 2.45) is 5.73 Å². The number of esters is 1. The molecule has 0 saturated heterocycles. The first-order chi connectivity index (χ1) is 7.67. The van der Waals surface area contributed by atoms with E-state index >= 15 is 0 Å². The second kappa shape index (κ2) is 5.89. The molecule has 4 heteroatoms. The van der Waals surface area contributed by atoms with Crippen LogP contribution in [0.2, 0.25) is 0 Å². The van der Waals surface area contributed by atoms with Crippen LogP contribution in [-0.4, -0.2) is 12.6 Å². The topological polar surface area (TPSA) is 76.1 Å². The Balaban J connectivity index is 2.63. The molecule has 0 radical (unpaired) electrons. The molecular weight excluding hydrogens is 204 g/mol. The van der Waals surface area contributed by atoms with Crippen LogP contribution in [0.25, 0.3) is 0 Å². The summed E-state index contributed by atoms with van der Waals surface area (Å²) in [6, 6.07) is 8.51. The normalized spacial score (nSPS) is 11.6. The van der Waals surface area contributed by atoms with Gasteiger partial charge in [0.1, 0.15) is 0 Å². The van der Waals surface area contributed by atoms with Gasteiger partial charge in [-0.05, 0) is 24.6 Å². The van der Waals surface area contributed by atoms with Crippen molar-refractivity contribution in [1.29, 1.82) is 5.26 Å². The van der Waals surface area contributed by atoms with Gasteiger partial charge < -0.3 is 10.5 Å². The Morgan fingerprint density at radius 1 is 1.50 bits per heavy atom. The molecule has 0 heterocycles. The standard InChI is InChI=1S/C12H14N2O2/c1-2-16-12(15)7-11(14)10-5-3-9(8-13)4-6-10/h3-6,11H,2,7,14H2,1H3/t11-/m1/s1. The Hall–Kier alpha value is -1.86. The summed E-state index contributed by atoms with van der Waals surface area (Å²) < 4.78 is 4.81. The van der Waals surface area contributed by atoms with Crippen molar-refractivity contribution in [3.8, 4) is 6.07 Å². The van der Waals surface area contributed by atoms with Crippen LogP contribution < -0.4 is 5.73 Å². The van der Waals surface area contributed by atoms with Crippen LogP contribution in [0.3, 0.4) is 0 Å². The summed E-state index contributed by atoms with van der Waals surface area (Å²) in [5.74, 6) is -0.306. The summed E-state index contributed by atoms with van der Waals surface area (Å²) in [6.45, 7) is 2.12. The third-order valence-corrected chi connectivity index (χ3v) is 2.16. The first-order valence-corrected chi connectivity index (χ1v) is 5.08. The number of nitriles is 1. The highest BCUT2D eigenvalue weighted by Crippen LogP contribution is 2.15. The predicted octanol–water partition coefficient (Wildman–Crippen LogP) is 1.51. The van der Waals surface area contributed by atoms with E-state index in [2.05, 4.69) is 0 Å². The SMILES string of the molecule is CCOC(=O)C[C@@H](N)c1ccc(C#N)cc1. The van der Waals surface area contributed by atoms with Gasteiger partial charge in [-0.2, -0.15) is 5.26 Å². The van der Waals surface area contributed by atoms with E-state index in [4.69, 9.17) is 15.7 Å². The van der Waals surface area contributed by atoms with Gasteiger partial charge in [-0.3, -0.25) is 4.79 Å². The number of hydrogen-bond acceptors (Lipinski definition) is 4. The van der Waals surface area contributed by atoms with Gasteiger partial charge in [0.05, 0.1) is 24.7 Å². The zero-order chi connectivity index (χ0) is 12.0. The average Bonchev–Trinajstić information content (AvgIpc) is 2.29. The molecule has 0 spiro atoms. The molecule has 1 rings (SSSR count). The van der Waals surface area contributed by atoms with Gasteiger partial charge in [0.15, 0.2) is 0 Å². The van der Waals surface area contributed by atoms with Gasteiger partial charge in [0, 0.05) is 6.04 Å². The lowest BCUT2D eigenvalue weighted by Crippen LogP contribution is -2.17. The molecule has 84 valence electrons. The van der Waals surface area contributed by atoms with E-state index in [1.165, 1.54) is 0 Å². The van der Waals surface area contributed by atoms with Crippen LogP contribution in [0.1, 0.15) is 30.5 Å². The van der Waals surface area contributed by atoms with E-state index < -0.39 is 0 Å².